The molecule has 3 heterocycles. The maximum Gasteiger partial charge on any atom is 0.216 e. The molecule has 0 spiro atoms. The lowest BCUT2D eigenvalue weighted by Gasteiger charge is -2.41. The van der Waals surface area contributed by atoms with E-state index in [2.05, 4.69) is 68.1 Å². The summed E-state index contributed by atoms with van der Waals surface area (Å²) in [5.41, 5.74) is 4.41. The molecule has 1 unspecified atom stereocenters. The van der Waals surface area contributed by atoms with Gasteiger partial charge in [-0.25, -0.2) is 4.98 Å². The highest BCUT2D eigenvalue weighted by Gasteiger charge is 2.26. The number of nitrogens with zero attached hydrogens (tertiary/aromatic N) is 5. The summed E-state index contributed by atoms with van der Waals surface area (Å²) in [5, 5.41) is 6.96. The van der Waals surface area contributed by atoms with E-state index < -0.39 is 0 Å². The van der Waals surface area contributed by atoms with E-state index in [0.717, 1.165) is 25.3 Å². The predicted molar refractivity (Wildman–Crippen MR) is 124 cm³/mol. The number of carbonyl (C=O) groups excluding carboxylic acids is 1. The van der Waals surface area contributed by atoms with Crippen LogP contribution in [0.15, 0.2) is 36.5 Å². The van der Waals surface area contributed by atoms with E-state index >= 15 is 0 Å². The molecule has 4 rings (SSSR count). The molecule has 1 fully saturated rings. The number of ketones is 1. The van der Waals surface area contributed by atoms with Gasteiger partial charge in [-0.05, 0) is 32.4 Å². The number of hydrogen-bond acceptors (Lipinski definition) is 7. The highest BCUT2D eigenvalue weighted by atomic mass is 16.5. The Balaban J connectivity index is 1.39. The minimum absolute atomic E-state index is 0.0341. The van der Waals surface area contributed by atoms with E-state index in [-0.39, 0.29) is 5.78 Å². The maximum atomic E-state index is 13.0. The van der Waals surface area contributed by atoms with Gasteiger partial charge in [0.15, 0.2) is 11.6 Å². The number of carbonyl (C=O) groups is 1. The number of piperazine rings is 1. The molecule has 0 amide bonds. The highest BCUT2D eigenvalue weighted by Crippen LogP contribution is 2.25. The number of aryl methyl sites for hydroxylation is 2. The summed E-state index contributed by atoms with van der Waals surface area (Å²) in [5.74, 6) is 0.913. The molecule has 0 radical (unpaired) electrons. The summed E-state index contributed by atoms with van der Waals surface area (Å²) < 4.78 is 5.24. The fourth-order valence-electron chi connectivity index (χ4n) is 4.30. The number of benzene rings is 1. The zero-order valence-electron chi connectivity index (χ0n) is 19.1. The molecule has 3 aromatic rings. The quantitative estimate of drug-likeness (QED) is 0.571. The second kappa shape index (κ2) is 9.48. The molecule has 1 saturated heterocycles. The van der Waals surface area contributed by atoms with E-state index in [1.807, 2.05) is 6.92 Å². The molecule has 0 saturated carbocycles. The Morgan fingerprint density at radius 3 is 2.78 bits per heavy atom. The Labute approximate surface area is 188 Å². The van der Waals surface area contributed by atoms with Crippen molar-refractivity contribution in [2.24, 2.45) is 0 Å². The van der Waals surface area contributed by atoms with Crippen molar-refractivity contribution >= 4 is 11.5 Å². The van der Waals surface area contributed by atoms with Gasteiger partial charge in [-0.3, -0.25) is 14.8 Å². The maximum absolute atomic E-state index is 13.0. The summed E-state index contributed by atoms with van der Waals surface area (Å²) in [6, 6.07) is 10.7. The Hall–Kier alpha value is -3.26. The van der Waals surface area contributed by atoms with Crippen molar-refractivity contribution in [2.75, 3.05) is 38.2 Å². The number of H-pyrrole nitrogens is 1. The third-order valence-electron chi connectivity index (χ3n) is 5.99. The van der Waals surface area contributed by atoms with Gasteiger partial charge < -0.3 is 9.64 Å². The molecule has 1 aliphatic rings. The first-order chi connectivity index (χ1) is 15.5. The zero-order chi connectivity index (χ0) is 22.7. The van der Waals surface area contributed by atoms with Crippen LogP contribution in [0, 0.1) is 13.8 Å². The molecule has 1 aliphatic heterocycles. The molecule has 1 N–H and O–H groups in total. The van der Waals surface area contributed by atoms with Gasteiger partial charge in [0.05, 0.1) is 18.9 Å². The van der Waals surface area contributed by atoms with Crippen LogP contribution in [0.25, 0.3) is 11.5 Å². The number of nitrogens with one attached hydrogen (secondary N) is 1. The van der Waals surface area contributed by atoms with Crippen molar-refractivity contribution in [1.29, 1.82) is 0 Å². The molecule has 1 aromatic carbocycles. The Morgan fingerprint density at radius 2 is 2.03 bits per heavy atom. The van der Waals surface area contributed by atoms with Gasteiger partial charge in [0.1, 0.15) is 5.69 Å². The number of hydrogen-bond donors (Lipinski definition) is 1. The van der Waals surface area contributed by atoms with E-state index in [9.17, 15) is 4.79 Å². The fourth-order valence-corrected chi connectivity index (χ4v) is 4.30. The minimum Gasteiger partial charge on any atom is -0.481 e. The van der Waals surface area contributed by atoms with Crippen LogP contribution in [0.5, 0.6) is 5.88 Å². The standard InChI is InChI=1S/C24H30N6O2/c1-16-7-5-6-8-20(16)30-12-11-29(15-18(30)3)10-9-21(31)19-14-25-28-23(19)24-26-17(2)13-22(27-24)32-4/h5-8,13-14,18H,9-12,15H2,1-4H3,(H,25,28). The van der Waals surface area contributed by atoms with Gasteiger partial charge in [-0.1, -0.05) is 18.2 Å². The lowest BCUT2D eigenvalue weighted by molar-refractivity contribution is 0.0959. The van der Waals surface area contributed by atoms with Crippen molar-refractivity contribution in [1.82, 2.24) is 25.1 Å². The van der Waals surface area contributed by atoms with E-state index in [1.165, 1.54) is 11.3 Å². The van der Waals surface area contributed by atoms with Crippen LogP contribution in [0.1, 0.15) is 35.0 Å². The minimum atomic E-state index is 0.0341. The first-order valence-corrected chi connectivity index (χ1v) is 11.0. The zero-order valence-corrected chi connectivity index (χ0v) is 19.1. The molecule has 1 atom stereocenters. The van der Waals surface area contributed by atoms with Crippen molar-refractivity contribution in [2.45, 2.75) is 33.2 Å². The van der Waals surface area contributed by atoms with Crippen LogP contribution >= 0.6 is 0 Å². The average molecular weight is 435 g/mol. The first-order valence-electron chi connectivity index (χ1n) is 11.0. The smallest absolute Gasteiger partial charge is 0.216 e. The van der Waals surface area contributed by atoms with Gasteiger partial charge in [0.25, 0.3) is 0 Å². The summed E-state index contributed by atoms with van der Waals surface area (Å²) in [6.07, 6.45) is 1.99. The third kappa shape index (κ3) is 4.65. The van der Waals surface area contributed by atoms with Crippen molar-refractivity contribution in [3.8, 4) is 17.4 Å². The lowest BCUT2D eigenvalue weighted by Crippen LogP contribution is -2.52. The van der Waals surface area contributed by atoms with Gasteiger partial charge in [-0.15, -0.1) is 0 Å². The monoisotopic (exact) mass is 434 g/mol. The number of methoxy groups -OCH3 is 1. The largest absolute Gasteiger partial charge is 0.481 e. The third-order valence-corrected chi connectivity index (χ3v) is 5.99. The molecule has 8 nitrogen and oxygen atoms in total. The molecular weight excluding hydrogens is 404 g/mol. The van der Waals surface area contributed by atoms with Crippen LogP contribution in [0.2, 0.25) is 0 Å². The van der Waals surface area contributed by atoms with Crippen molar-refractivity contribution in [3.63, 3.8) is 0 Å². The molecule has 168 valence electrons. The second-order valence-electron chi connectivity index (χ2n) is 8.34. The molecule has 0 bridgehead atoms. The van der Waals surface area contributed by atoms with E-state index in [0.29, 0.717) is 42.0 Å². The van der Waals surface area contributed by atoms with E-state index in [1.54, 1.807) is 19.4 Å². The Kier molecular flexibility index (Phi) is 6.50. The number of para-hydroxylation sites is 1. The SMILES string of the molecule is COc1cc(C)nc(-c2[nH]ncc2C(=O)CCN2CCN(c3ccccc3C)C(C)C2)n1. The number of rotatable bonds is 7. The van der Waals surface area contributed by atoms with E-state index in [4.69, 9.17) is 4.74 Å². The number of aromatic amines is 1. The molecule has 0 aliphatic carbocycles. The van der Waals surface area contributed by atoms with Crippen LogP contribution in [0.3, 0.4) is 0 Å². The normalized spacial score (nSPS) is 16.9. The van der Waals surface area contributed by atoms with Gasteiger partial charge in [-0.2, -0.15) is 10.1 Å². The average Bonchev–Trinajstić information content (AvgIpc) is 3.28. The lowest BCUT2D eigenvalue weighted by atomic mass is 10.1. The predicted octanol–water partition coefficient (Wildman–Crippen LogP) is 3.28. The first kappa shape index (κ1) is 22.0. The Morgan fingerprint density at radius 1 is 1.22 bits per heavy atom. The number of ether oxygens (including phenoxy) is 1. The summed E-state index contributed by atoms with van der Waals surface area (Å²) in [7, 11) is 1.56. The molecule has 32 heavy (non-hydrogen) atoms. The fraction of sp³-hybridized carbons (Fsp3) is 0.417. The molecule has 8 heteroatoms. The molecule has 2 aromatic heterocycles. The highest BCUT2D eigenvalue weighted by molar-refractivity contribution is 6.00. The summed E-state index contributed by atoms with van der Waals surface area (Å²) in [4.78, 5) is 26.6. The van der Waals surface area contributed by atoms with Crippen molar-refractivity contribution in [3.05, 3.63) is 53.3 Å². The van der Waals surface area contributed by atoms with Crippen LogP contribution in [-0.4, -0.2) is 70.2 Å². The van der Waals surface area contributed by atoms with Crippen LogP contribution in [-0.2, 0) is 0 Å². The topological polar surface area (TPSA) is 87.2 Å². The van der Waals surface area contributed by atoms with Crippen LogP contribution < -0.4 is 9.64 Å². The Bertz CT molecular complexity index is 1100. The van der Waals surface area contributed by atoms with Gasteiger partial charge in [0.2, 0.25) is 5.88 Å². The van der Waals surface area contributed by atoms with Crippen LogP contribution in [0.4, 0.5) is 5.69 Å². The number of Topliss-reactive ketones (excluding diaryl/α,β-unsaturated/α-hetero) is 1. The summed E-state index contributed by atoms with van der Waals surface area (Å²) >= 11 is 0. The van der Waals surface area contributed by atoms with Gasteiger partial charge >= 0.3 is 0 Å². The molecular formula is C24H30N6O2. The van der Waals surface area contributed by atoms with Gasteiger partial charge in [0, 0.05) is 56.1 Å². The second-order valence-corrected chi connectivity index (χ2v) is 8.34. The summed E-state index contributed by atoms with van der Waals surface area (Å²) in [6.45, 7) is 9.80. The van der Waals surface area contributed by atoms with Crippen molar-refractivity contribution < 1.29 is 9.53 Å². The number of anilines is 1. The number of aromatic nitrogens is 4.